The molecule has 3 rings (SSSR count). The average Bonchev–Trinajstić information content (AvgIpc) is 3.17. The molecule has 0 saturated heterocycles. The third-order valence-electron chi connectivity index (χ3n) is 3.05. The first-order chi connectivity index (χ1) is 10.5. The summed E-state index contributed by atoms with van der Waals surface area (Å²) < 4.78 is 0. The number of aryl methyl sites for hydroxylation is 1. The number of hydrogen-bond acceptors (Lipinski definition) is 5. The van der Waals surface area contributed by atoms with Crippen LogP contribution in [0.4, 0.5) is 5.13 Å². The standard InChI is InChI=1S/C15H13N3O2S2/c1-8-3-4-13(22-8)12-7-21-15(17-12)18-14(20)11-5-10(6-16-11)9(2)19/h3-7,16H,1-2H3,(H,17,18,20). The second-order valence-corrected chi connectivity index (χ2v) is 6.91. The van der Waals surface area contributed by atoms with Gasteiger partial charge in [0.15, 0.2) is 10.9 Å². The summed E-state index contributed by atoms with van der Waals surface area (Å²) in [6.45, 7) is 3.50. The molecular weight excluding hydrogens is 318 g/mol. The first kappa shape index (κ1) is 14.7. The number of H-pyrrole nitrogens is 1. The van der Waals surface area contributed by atoms with Gasteiger partial charge >= 0.3 is 0 Å². The number of anilines is 1. The Morgan fingerprint density at radius 3 is 2.77 bits per heavy atom. The summed E-state index contributed by atoms with van der Waals surface area (Å²) in [5, 5.41) is 5.18. The van der Waals surface area contributed by atoms with Gasteiger partial charge in [-0.3, -0.25) is 14.9 Å². The van der Waals surface area contributed by atoms with Crippen molar-refractivity contribution in [2.24, 2.45) is 0 Å². The minimum Gasteiger partial charge on any atom is -0.356 e. The predicted octanol–water partition coefficient (Wildman–Crippen LogP) is 3.96. The number of hydrogen-bond donors (Lipinski definition) is 2. The van der Waals surface area contributed by atoms with Crippen molar-refractivity contribution in [1.29, 1.82) is 0 Å². The Morgan fingerprint density at radius 1 is 1.32 bits per heavy atom. The Hall–Kier alpha value is -2.25. The molecule has 5 nitrogen and oxygen atoms in total. The van der Waals surface area contributed by atoms with Gasteiger partial charge in [0.05, 0.1) is 10.6 Å². The molecule has 0 unspecified atom stereocenters. The summed E-state index contributed by atoms with van der Waals surface area (Å²) in [4.78, 5) is 32.9. The van der Waals surface area contributed by atoms with Crippen molar-refractivity contribution in [2.75, 3.05) is 5.32 Å². The fraction of sp³-hybridized carbons (Fsp3) is 0.133. The van der Waals surface area contributed by atoms with Crippen molar-refractivity contribution in [2.45, 2.75) is 13.8 Å². The van der Waals surface area contributed by atoms with Gasteiger partial charge in [-0.25, -0.2) is 4.98 Å². The van der Waals surface area contributed by atoms with Gasteiger partial charge in [-0.15, -0.1) is 22.7 Å². The van der Waals surface area contributed by atoms with Crippen LogP contribution in [0.2, 0.25) is 0 Å². The average molecular weight is 331 g/mol. The molecule has 112 valence electrons. The minimum atomic E-state index is -0.309. The van der Waals surface area contributed by atoms with E-state index >= 15 is 0 Å². The van der Waals surface area contributed by atoms with Crippen LogP contribution >= 0.6 is 22.7 Å². The van der Waals surface area contributed by atoms with Crippen molar-refractivity contribution in [1.82, 2.24) is 9.97 Å². The van der Waals surface area contributed by atoms with Crippen molar-refractivity contribution in [3.63, 3.8) is 0 Å². The van der Waals surface area contributed by atoms with E-state index in [0.29, 0.717) is 16.4 Å². The van der Waals surface area contributed by atoms with E-state index in [1.54, 1.807) is 11.3 Å². The summed E-state index contributed by atoms with van der Waals surface area (Å²) in [6, 6.07) is 5.60. The topological polar surface area (TPSA) is 74.8 Å². The first-order valence-corrected chi connectivity index (χ1v) is 8.25. The molecule has 22 heavy (non-hydrogen) atoms. The number of rotatable bonds is 4. The highest BCUT2D eigenvalue weighted by molar-refractivity contribution is 7.17. The fourth-order valence-corrected chi connectivity index (χ4v) is 3.52. The van der Waals surface area contributed by atoms with Crippen LogP contribution in [-0.4, -0.2) is 21.7 Å². The van der Waals surface area contributed by atoms with Gasteiger partial charge in [-0.05, 0) is 32.0 Å². The van der Waals surface area contributed by atoms with Crippen LogP contribution in [0.3, 0.4) is 0 Å². The van der Waals surface area contributed by atoms with Gasteiger partial charge in [-0.1, -0.05) is 0 Å². The van der Waals surface area contributed by atoms with E-state index in [4.69, 9.17) is 0 Å². The Balaban J connectivity index is 1.74. The van der Waals surface area contributed by atoms with Crippen molar-refractivity contribution >= 4 is 39.5 Å². The number of ketones is 1. The van der Waals surface area contributed by atoms with Crippen LogP contribution < -0.4 is 5.32 Å². The van der Waals surface area contributed by atoms with Crippen LogP contribution in [0.25, 0.3) is 10.6 Å². The number of thiazole rings is 1. The molecule has 0 saturated carbocycles. The highest BCUT2D eigenvalue weighted by atomic mass is 32.1. The molecule has 0 aliphatic heterocycles. The molecule has 1 amide bonds. The number of amides is 1. The first-order valence-electron chi connectivity index (χ1n) is 6.56. The van der Waals surface area contributed by atoms with E-state index in [1.807, 2.05) is 24.4 Å². The summed E-state index contributed by atoms with van der Waals surface area (Å²) in [5.41, 5.74) is 1.68. The molecule has 0 aliphatic carbocycles. The zero-order valence-electron chi connectivity index (χ0n) is 12.0. The maximum Gasteiger partial charge on any atom is 0.273 e. The molecule has 0 aromatic carbocycles. The lowest BCUT2D eigenvalue weighted by Gasteiger charge is -1.98. The molecule has 0 atom stereocenters. The SMILES string of the molecule is CC(=O)c1c[nH]c(C(=O)Nc2nc(-c3ccc(C)s3)cs2)c1. The maximum absolute atomic E-state index is 12.1. The highest BCUT2D eigenvalue weighted by Crippen LogP contribution is 2.30. The van der Waals surface area contributed by atoms with Crippen molar-refractivity contribution in [3.05, 3.63) is 45.9 Å². The lowest BCUT2D eigenvalue weighted by Crippen LogP contribution is -2.11. The minimum absolute atomic E-state index is 0.0834. The Kier molecular flexibility index (Phi) is 3.91. The number of thiophene rings is 1. The smallest absolute Gasteiger partial charge is 0.273 e. The molecule has 3 aromatic heterocycles. The van der Waals surface area contributed by atoms with Crippen LogP contribution in [0, 0.1) is 6.92 Å². The van der Waals surface area contributed by atoms with E-state index in [1.165, 1.54) is 35.4 Å². The zero-order valence-corrected chi connectivity index (χ0v) is 13.6. The zero-order chi connectivity index (χ0) is 15.7. The predicted molar refractivity (Wildman–Crippen MR) is 88.9 cm³/mol. The fourth-order valence-electron chi connectivity index (χ4n) is 1.91. The van der Waals surface area contributed by atoms with Gasteiger partial charge in [0.2, 0.25) is 0 Å². The molecular formula is C15H13N3O2S2. The summed E-state index contributed by atoms with van der Waals surface area (Å²) in [7, 11) is 0. The van der Waals surface area contributed by atoms with Crippen LogP contribution in [-0.2, 0) is 0 Å². The molecule has 2 N–H and O–H groups in total. The molecule has 3 aromatic rings. The maximum atomic E-state index is 12.1. The van der Waals surface area contributed by atoms with E-state index in [0.717, 1.165) is 10.6 Å². The number of aromatic nitrogens is 2. The lowest BCUT2D eigenvalue weighted by molar-refractivity contribution is 0.101. The number of nitrogens with zero attached hydrogens (tertiary/aromatic N) is 1. The number of aromatic amines is 1. The van der Waals surface area contributed by atoms with Gasteiger partial charge in [0.25, 0.3) is 5.91 Å². The third kappa shape index (κ3) is 3.00. The normalized spacial score (nSPS) is 10.6. The summed E-state index contributed by atoms with van der Waals surface area (Å²) >= 11 is 3.04. The molecule has 0 bridgehead atoms. The quantitative estimate of drug-likeness (QED) is 0.711. The monoisotopic (exact) mass is 331 g/mol. The Labute approximate surface area is 135 Å². The van der Waals surface area contributed by atoms with Crippen LogP contribution in [0.15, 0.2) is 29.8 Å². The molecule has 3 heterocycles. The summed E-state index contributed by atoms with van der Waals surface area (Å²) in [6.07, 6.45) is 1.53. The van der Waals surface area contributed by atoms with E-state index < -0.39 is 0 Å². The van der Waals surface area contributed by atoms with Gasteiger partial charge in [0, 0.05) is 22.0 Å². The molecule has 0 aliphatic rings. The molecule has 7 heteroatoms. The molecule has 0 spiro atoms. The third-order valence-corrected chi connectivity index (χ3v) is 4.83. The number of carbonyl (C=O) groups excluding carboxylic acids is 2. The number of nitrogens with one attached hydrogen (secondary N) is 2. The van der Waals surface area contributed by atoms with Crippen LogP contribution in [0.5, 0.6) is 0 Å². The Bertz CT molecular complexity index is 844. The van der Waals surface area contributed by atoms with Gasteiger partial charge < -0.3 is 4.98 Å². The lowest BCUT2D eigenvalue weighted by atomic mass is 10.2. The second-order valence-electron chi connectivity index (χ2n) is 4.76. The van der Waals surface area contributed by atoms with Crippen molar-refractivity contribution < 1.29 is 9.59 Å². The summed E-state index contributed by atoms with van der Waals surface area (Å²) in [5.74, 6) is -0.393. The van der Waals surface area contributed by atoms with Crippen LogP contribution in [0.1, 0.15) is 32.6 Å². The largest absolute Gasteiger partial charge is 0.356 e. The Morgan fingerprint density at radius 2 is 2.14 bits per heavy atom. The van der Waals surface area contributed by atoms with E-state index in [2.05, 4.69) is 15.3 Å². The molecule has 0 radical (unpaired) electrons. The molecule has 0 fully saturated rings. The van der Waals surface area contributed by atoms with E-state index in [-0.39, 0.29) is 11.7 Å². The second kappa shape index (κ2) is 5.86. The number of carbonyl (C=O) groups is 2. The highest BCUT2D eigenvalue weighted by Gasteiger charge is 2.13. The van der Waals surface area contributed by atoms with Crippen molar-refractivity contribution in [3.8, 4) is 10.6 Å². The number of Topliss-reactive ketones (excluding diaryl/α,β-unsaturated/α-hetero) is 1. The van der Waals surface area contributed by atoms with Gasteiger partial charge in [0.1, 0.15) is 5.69 Å². The van der Waals surface area contributed by atoms with Gasteiger partial charge in [-0.2, -0.15) is 0 Å². The van der Waals surface area contributed by atoms with E-state index in [9.17, 15) is 9.59 Å².